The topological polar surface area (TPSA) is 55.1 Å². The summed E-state index contributed by atoms with van der Waals surface area (Å²) >= 11 is 0. The van der Waals surface area contributed by atoms with Gasteiger partial charge in [-0.3, -0.25) is 4.79 Å². The molecular formula is C12H25ClN2O. The average molecular weight is 249 g/mol. The first kappa shape index (κ1) is 15.7. The molecule has 96 valence electrons. The highest BCUT2D eigenvalue weighted by atomic mass is 35.5. The van der Waals surface area contributed by atoms with E-state index in [1.54, 1.807) is 0 Å². The van der Waals surface area contributed by atoms with Gasteiger partial charge in [0.1, 0.15) is 0 Å². The molecule has 0 aromatic carbocycles. The summed E-state index contributed by atoms with van der Waals surface area (Å²) in [6.45, 7) is 5.54. The second kappa shape index (κ2) is 7.91. The second-order valence-electron chi connectivity index (χ2n) is 5.02. The molecule has 0 saturated heterocycles. The van der Waals surface area contributed by atoms with Gasteiger partial charge in [0, 0.05) is 12.5 Å². The van der Waals surface area contributed by atoms with Gasteiger partial charge in [0.25, 0.3) is 0 Å². The van der Waals surface area contributed by atoms with Gasteiger partial charge in [-0.05, 0) is 44.1 Å². The Hall–Kier alpha value is -0.280. The molecular weight excluding hydrogens is 224 g/mol. The zero-order valence-corrected chi connectivity index (χ0v) is 11.2. The van der Waals surface area contributed by atoms with Crippen LogP contribution in [0, 0.1) is 17.8 Å². The summed E-state index contributed by atoms with van der Waals surface area (Å²) in [4.78, 5) is 11.4. The van der Waals surface area contributed by atoms with Crippen molar-refractivity contribution in [2.24, 2.45) is 23.5 Å². The van der Waals surface area contributed by atoms with Crippen molar-refractivity contribution in [1.82, 2.24) is 5.32 Å². The maximum atomic E-state index is 11.4. The second-order valence-corrected chi connectivity index (χ2v) is 5.02. The van der Waals surface area contributed by atoms with Crippen LogP contribution in [0.2, 0.25) is 0 Å². The third-order valence-corrected chi connectivity index (χ3v) is 3.39. The molecule has 0 heterocycles. The van der Waals surface area contributed by atoms with Gasteiger partial charge in [0.2, 0.25) is 5.91 Å². The van der Waals surface area contributed by atoms with Gasteiger partial charge < -0.3 is 11.1 Å². The zero-order chi connectivity index (χ0) is 11.3. The van der Waals surface area contributed by atoms with Crippen molar-refractivity contribution >= 4 is 18.3 Å². The molecule has 4 heteroatoms. The molecule has 1 saturated carbocycles. The first-order valence-electron chi connectivity index (χ1n) is 6.11. The highest BCUT2D eigenvalue weighted by Crippen LogP contribution is 2.27. The van der Waals surface area contributed by atoms with Crippen LogP contribution in [-0.4, -0.2) is 19.0 Å². The fourth-order valence-electron chi connectivity index (χ4n) is 2.12. The van der Waals surface area contributed by atoms with E-state index >= 15 is 0 Å². The van der Waals surface area contributed by atoms with Crippen molar-refractivity contribution in [2.45, 2.75) is 39.5 Å². The lowest BCUT2D eigenvalue weighted by atomic mass is 9.82. The van der Waals surface area contributed by atoms with E-state index in [-0.39, 0.29) is 24.2 Å². The fraction of sp³-hybridized carbons (Fsp3) is 0.917. The number of amides is 1. The van der Waals surface area contributed by atoms with Gasteiger partial charge in [0.05, 0.1) is 0 Å². The summed E-state index contributed by atoms with van der Waals surface area (Å²) in [6, 6.07) is 0. The van der Waals surface area contributed by atoms with Crippen molar-refractivity contribution in [3.63, 3.8) is 0 Å². The first-order valence-corrected chi connectivity index (χ1v) is 6.11. The summed E-state index contributed by atoms with van der Waals surface area (Å²) in [5.41, 5.74) is 5.64. The van der Waals surface area contributed by atoms with Crippen LogP contribution < -0.4 is 11.1 Å². The maximum absolute atomic E-state index is 11.4. The van der Waals surface area contributed by atoms with Gasteiger partial charge >= 0.3 is 0 Å². The lowest BCUT2D eigenvalue weighted by Crippen LogP contribution is -2.34. The molecule has 0 bridgehead atoms. The molecule has 3 nitrogen and oxygen atoms in total. The van der Waals surface area contributed by atoms with Gasteiger partial charge in [-0.1, -0.05) is 13.8 Å². The van der Waals surface area contributed by atoms with Crippen LogP contribution in [0.25, 0.3) is 0 Å². The number of hydrogen-bond acceptors (Lipinski definition) is 2. The normalized spacial score (nSPS) is 25.0. The molecule has 1 fully saturated rings. The van der Waals surface area contributed by atoms with E-state index in [0.29, 0.717) is 5.92 Å². The zero-order valence-electron chi connectivity index (χ0n) is 10.4. The smallest absolute Gasteiger partial charge is 0.222 e. The minimum absolute atomic E-state index is 0. The molecule has 1 amide bonds. The lowest BCUT2D eigenvalue weighted by molar-refractivity contribution is -0.124. The number of carbonyl (C=O) groups is 1. The number of nitrogens with one attached hydrogen (secondary N) is 1. The molecule has 0 radical (unpaired) electrons. The van der Waals surface area contributed by atoms with E-state index in [9.17, 15) is 4.79 Å². The Morgan fingerprint density at radius 1 is 1.25 bits per heavy atom. The van der Waals surface area contributed by atoms with Crippen LogP contribution >= 0.6 is 12.4 Å². The SMILES string of the molecule is CC(C)C(=O)NCC1CCC(CN)CC1.Cl. The predicted molar refractivity (Wildman–Crippen MR) is 69.6 cm³/mol. The average Bonchev–Trinajstić information content (AvgIpc) is 2.26. The molecule has 16 heavy (non-hydrogen) atoms. The molecule has 0 atom stereocenters. The number of halogens is 1. The Kier molecular flexibility index (Phi) is 7.77. The van der Waals surface area contributed by atoms with Crippen LogP contribution in [0.5, 0.6) is 0 Å². The van der Waals surface area contributed by atoms with Crippen LogP contribution in [0.1, 0.15) is 39.5 Å². The molecule has 0 unspecified atom stereocenters. The van der Waals surface area contributed by atoms with Crippen molar-refractivity contribution in [1.29, 1.82) is 0 Å². The Balaban J connectivity index is 0.00000225. The Labute approximate surface area is 105 Å². The highest BCUT2D eigenvalue weighted by molar-refractivity contribution is 5.85. The molecule has 0 spiro atoms. The first-order chi connectivity index (χ1) is 7.13. The molecule has 3 N–H and O–H groups in total. The Bertz CT molecular complexity index is 201. The van der Waals surface area contributed by atoms with Crippen molar-refractivity contribution in [3.05, 3.63) is 0 Å². The largest absolute Gasteiger partial charge is 0.356 e. The highest BCUT2D eigenvalue weighted by Gasteiger charge is 2.20. The van der Waals surface area contributed by atoms with E-state index < -0.39 is 0 Å². The van der Waals surface area contributed by atoms with Crippen molar-refractivity contribution < 1.29 is 4.79 Å². The third kappa shape index (κ3) is 5.17. The molecule has 0 aliphatic heterocycles. The maximum Gasteiger partial charge on any atom is 0.222 e. The van der Waals surface area contributed by atoms with Crippen molar-refractivity contribution in [3.8, 4) is 0 Å². The minimum atomic E-state index is 0. The predicted octanol–water partition coefficient (Wildman–Crippen LogP) is 1.95. The van der Waals surface area contributed by atoms with E-state index in [2.05, 4.69) is 5.32 Å². The Morgan fingerprint density at radius 3 is 2.19 bits per heavy atom. The van der Waals surface area contributed by atoms with Crippen LogP contribution in [0.3, 0.4) is 0 Å². The quantitative estimate of drug-likeness (QED) is 0.799. The van der Waals surface area contributed by atoms with E-state index in [1.807, 2.05) is 13.8 Å². The number of carbonyl (C=O) groups excluding carboxylic acids is 1. The summed E-state index contributed by atoms with van der Waals surface area (Å²) in [7, 11) is 0. The van der Waals surface area contributed by atoms with Crippen LogP contribution in [0.4, 0.5) is 0 Å². The van der Waals surface area contributed by atoms with Crippen LogP contribution in [-0.2, 0) is 4.79 Å². The van der Waals surface area contributed by atoms with Crippen molar-refractivity contribution in [2.75, 3.05) is 13.1 Å². The summed E-state index contributed by atoms with van der Waals surface area (Å²) in [6.07, 6.45) is 4.91. The fourth-order valence-corrected chi connectivity index (χ4v) is 2.12. The van der Waals surface area contributed by atoms with Gasteiger partial charge in [-0.25, -0.2) is 0 Å². The lowest BCUT2D eigenvalue weighted by Gasteiger charge is -2.27. The molecule has 0 aromatic heterocycles. The number of rotatable bonds is 4. The minimum Gasteiger partial charge on any atom is -0.356 e. The van der Waals surface area contributed by atoms with E-state index in [4.69, 9.17) is 5.73 Å². The van der Waals surface area contributed by atoms with E-state index in [1.165, 1.54) is 25.7 Å². The summed E-state index contributed by atoms with van der Waals surface area (Å²) in [5.74, 6) is 1.68. The Morgan fingerprint density at radius 2 is 1.75 bits per heavy atom. The van der Waals surface area contributed by atoms with Gasteiger partial charge in [-0.2, -0.15) is 0 Å². The molecule has 1 aliphatic rings. The molecule has 1 rings (SSSR count). The molecule has 1 aliphatic carbocycles. The number of nitrogens with two attached hydrogens (primary N) is 1. The number of hydrogen-bond donors (Lipinski definition) is 2. The van der Waals surface area contributed by atoms with Gasteiger partial charge in [0.15, 0.2) is 0 Å². The summed E-state index contributed by atoms with van der Waals surface area (Å²) in [5, 5.41) is 3.01. The molecule has 0 aromatic rings. The third-order valence-electron chi connectivity index (χ3n) is 3.39. The summed E-state index contributed by atoms with van der Waals surface area (Å²) < 4.78 is 0. The van der Waals surface area contributed by atoms with Crippen LogP contribution in [0.15, 0.2) is 0 Å². The van der Waals surface area contributed by atoms with Gasteiger partial charge in [-0.15, -0.1) is 12.4 Å². The monoisotopic (exact) mass is 248 g/mol. The van der Waals surface area contributed by atoms with E-state index in [0.717, 1.165) is 19.0 Å². The standard InChI is InChI=1S/C12H24N2O.ClH/c1-9(2)12(15)14-8-11-5-3-10(7-13)4-6-11;/h9-11H,3-8,13H2,1-2H3,(H,14,15);1H.